The van der Waals surface area contributed by atoms with Gasteiger partial charge in [-0.1, -0.05) is 42.8 Å². The van der Waals surface area contributed by atoms with Crippen molar-refractivity contribution in [3.63, 3.8) is 0 Å². The second kappa shape index (κ2) is 5.07. The van der Waals surface area contributed by atoms with Crippen molar-refractivity contribution in [3.05, 3.63) is 47.5 Å². The monoisotopic (exact) mass is 295 g/mol. The van der Waals surface area contributed by atoms with Crippen molar-refractivity contribution in [2.45, 2.75) is 56.7 Å². The van der Waals surface area contributed by atoms with Gasteiger partial charge in [-0.25, -0.2) is 0 Å². The molecule has 2 saturated heterocycles. The summed E-state index contributed by atoms with van der Waals surface area (Å²) in [6.07, 6.45) is 5.49. The van der Waals surface area contributed by atoms with Crippen LogP contribution in [0.5, 0.6) is 0 Å². The zero-order valence-corrected chi connectivity index (χ0v) is 13.5. The second-order valence-electron chi connectivity index (χ2n) is 7.32. The highest BCUT2D eigenvalue weighted by atomic mass is 16.3. The number of aliphatic hydroxyl groups is 1. The minimum Gasteiger partial charge on any atom is -0.385 e. The van der Waals surface area contributed by atoms with Crippen LogP contribution < -0.4 is 0 Å². The molecule has 1 N–H and O–H groups in total. The lowest BCUT2D eigenvalue weighted by atomic mass is 9.71. The SMILES string of the molecule is Cc1ccc(C2(O)CC3CCCC(C2)N3C)c2ccccc12. The van der Waals surface area contributed by atoms with E-state index in [1.165, 1.54) is 35.6 Å². The van der Waals surface area contributed by atoms with E-state index < -0.39 is 5.60 Å². The Bertz CT molecular complexity index is 694. The zero-order valence-electron chi connectivity index (χ0n) is 13.5. The van der Waals surface area contributed by atoms with Gasteiger partial charge in [-0.05, 0) is 61.6 Å². The number of rotatable bonds is 1. The van der Waals surface area contributed by atoms with Crippen LogP contribution in [-0.4, -0.2) is 29.1 Å². The van der Waals surface area contributed by atoms with Crippen LogP contribution in [0, 0.1) is 6.92 Å². The number of nitrogens with zero attached hydrogens (tertiary/aromatic N) is 1. The van der Waals surface area contributed by atoms with Gasteiger partial charge in [0.05, 0.1) is 5.60 Å². The van der Waals surface area contributed by atoms with E-state index in [2.05, 4.69) is 55.3 Å². The summed E-state index contributed by atoms with van der Waals surface area (Å²) in [7, 11) is 2.24. The number of hydrogen-bond acceptors (Lipinski definition) is 2. The third kappa shape index (κ3) is 2.09. The molecular weight excluding hydrogens is 270 g/mol. The molecule has 0 saturated carbocycles. The predicted octanol–water partition coefficient (Wildman–Crippen LogP) is 3.98. The lowest BCUT2D eigenvalue weighted by Crippen LogP contribution is -2.55. The molecule has 2 bridgehead atoms. The van der Waals surface area contributed by atoms with Gasteiger partial charge < -0.3 is 10.0 Å². The van der Waals surface area contributed by atoms with Crippen LogP contribution in [0.1, 0.15) is 43.2 Å². The Labute approximate surface area is 132 Å². The molecule has 0 amide bonds. The van der Waals surface area contributed by atoms with Crippen LogP contribution in [0.15, 0.2) is 36.4 Å². The molecule has 2 heteroatoms. The average molecular weight is 295 g/mol. The first-order valence-electron chi connectivity index (χ1n) is 8.52. The van der Waals surface area contributed by atoms with Gasteiger partial charge in [0.15, 0.2) is 0 Å². The van der Waals surface area contributed by atoms with E-state index in [0.29, 0.717) is 12.1 Å². The van der Waals surface area contributed by atoms with Crippen LogP contribution in [0.3, 0.4) is 0 Å². The van der Waals surface area contributed by atoms with E-state index in [-0.39, 0.29) is 0 Å². The summed E-state index contributed by atoms with van der Waals surface area (Å²) in [4.78, 5) is 2.51. The smallest absolute Gasteiger partial charge is 0.0932 e. The first kappa shape index (κ1) is 14.2. The Hall–Kier alpha value is -1.38. The van der Waals surface area contributed by atoms with Crippen LogP contribution in [0.25, 0.3) is 10.8 Å². The Morgan fingerprint density at radius 2 is 1.64 bits per heavy atom. The molecule has 0 spiro atoms. The summed E-state index contributed by atoms with van der Waals surface area (Å²) < 4.78 is 0. The van der Waals surface area contributed by atoms with E-state index in [0.717, 1.165) is 18.4 Å². The van der Waals surface area contributed by atoms with Crippen molar-refractivity contribution in [1.29, 1.82) is 0 Å². The van der Waals surface area contributed by atoms with Crippen molar-refractivity contribution >= 4 is 10.8 Å². The van der Waals surface area contributed by atoms with E-state index in [1.54, 1.807) is 0 Å². The molecule has 2 heterocycles. The molecule has 2 atom stereocenters. The van der Waals surface area contributed by atoms with Crippen molar-refractivity contribution in [2.24, 2.45) is 0 Å². The quantitative estimate of drug-likeness (QED) is 0.860. The maximum atomic E-state index is 11.5. The number of aryl methyl sites for hydroxylation is 1. The molecule has 2 aliphatic heterocycles. The Kier molecular flexibility index (Phi) is 3.28. The third-order valence-corrected chi connectivity index (χ3v) is 6.02. The van der Waals surface area contributed by atoms with E-state index in [9.17, 15) is 5.11 Å². The van der Waals surface area contributed by atoms with Gasteiger partial charge in [0.25, 0.3) is 0 Å². The maximum Gasteiger partial charge on any atom is 0.0932 e. The van der Waals surface area contributed by atoms with Gasteiger partial charge in [0, 0.05) is 12.1 Å². The summed E-state index contributed by atoms with van der Waals surface area (Å²) >= 11 is 0. The molecule has 4 rings (SSSR count). The van der Waals surface area contributed by atoms with E-state index in [1.807, 2.05) is 0 Å². The third-order valence-electron chi connectivity index (χ3n) is 6.02. The molecule has 116 valence electrons. The Balaban J connectivity index is 1.83. The van der Waals surface area contributed by atoms with Gasteiger partial charge >= 0.3 is 0 Å². The minimum atomic E-state index is -0.671. The molecule has 2 unspecified atom stereocenters. The number of fused-ring (bicyclic) bond motifs is 3. The molecule has 2 aromatic carbocycles. The summed E-state index contributed by atoms with van der Waals surface area (Å²) in [5, 5.41) is 14.0. The molecule has 0 radical (unpaired) electrons. The molecular formula is C20H25NO. The fourth-order valence-corrected chi connectivity index (χ4v) is 4.73. The Morgan fingerprint density at radius 1 is 1.00 bits per heavy atom. The summed E-state index contributed by atoms with van der Waals surface area (Å²) in [5.41, 5.74) is 1.75. The highest BCUT2D eigenvalue weighted by Crippen LogP contribution is 2.45. The second-order valence-corrected chi connectivity index (χ2v) is 7.32. The molecule has 2 nitrogen and oxygen atoms in total. The van der Waals surface area contributed by atoms with E-state index >= 15 is 0 Å². The highest BCUT2D eigenvalue weighted by molar-refractivity contribution is 5.89. The Morgan fingerprint density at radius 3 is 2.32 bits per heavy atom. The van der Waals surface area contributed by atoms with Crippen LogP contribution >= 0.6 is 0 Å². The molecule has 2 fully saturated rings. The molecule has 0 aromatic heterocycles. The lowest BCUT2D eigenvalue weighted by Gasteiger charge is -2.51. The fourth-order valence-electron chi connectivity index (χ4n) is 4.73. The van der Waals surface area contributed by atoms with Crippen molar-refractivity contribution in [2.75, 3.05) is 7.05 Å². The molecule has 2 aromatic rings. The fraction of sp³-hybridized carbons (Fsp3) is 0.500. The first-order valence-corrected chi connectivity index (χ1v) is 8.52. The maximum absolute atomic E-state index is 11.5. The highest BCUT2D eigenvalue weighted by Gasteiger charge is 2.45. The molecule has 2 aliphatic rings. The molecule has 22 heavy (non-hydrogen) atoms. The number of piperidine rings is 2. The zero-order chi connectivity index (χ0) is 15.3. The standard InChI is InChI=1S/C20H25NO/c1-14-10-11-19(18-9-4-3-8-17(14)18)20(22)12-15-6-5-7-16(13-20)21(15)2/h3-4,8-11,15-16,22H,5-7,12-13H2,1-2H3. The summed E-state index contributed by atoms with van der Waals surface area (Å²) in [6, 6.07) is 13.9. The van der Waals surface area contributed by atoms with Gasteiger partial charge in [0.2, 0.25) is 0 Å². The van der Waals surface area contributed by atoms with Crippen molar-refractivity contribution in [3.8, 4) is 0 Å². The first-order chi connectivity index (χ1) is 10.6. The predicted molar refractivity (Wildman–Crippen MR) is 91.0 cm³/mol. The van der Waals surface area contributed by atoms with Crippen molar-refractivity contribution in [1.82, 2.24) is 4.90 Å². The van der Waals surface area contributed by atoms with Crippen LogP contribution in [0.4, 0.5) is 0 Å². The van der Waals surface area contributed by atoms with Crippen molar-refractivity contribution < 1.29 is 5.11 Å². The topological polar surface area (TPSA) is 23.5 Å². The lowest BCUT2D eigenvalue weighted by molar-refractivity contribution is -0.0866. The van der Waals surface area contributed by atoms with Gasteiger partial charge in [-0.15, -0.1) is 0 Å². The van der Waals surface area contributed by atoms with Gasteiger partial charge in [-0.2, -0.15) is 0 Å². The minimum absolute atomic E-state index is 0.526. The summed E-state index contributed by atoms with van der Waals surface area (Å²) in [5.74, 6) is 0. The average Bonchev–Trinajstić information content (AvgIpc) is 2.50. The van der Waals surface area contributed by atoms with Gasteiger partial charge in [0.1, 0.15) is 0 Å². The van der Waals surface area contributed by atoms with Crippen LogP contribution in [-0.2, 0) is 5.60 Å². The normalized spacial score (nSPS) is 32.3. The van der Waals surface area contributed by atoms with E-state index in [4.69, 9.17) is 0 Å². The summed E-state index contributed by atoms with van der Waals surface area (Å²) in [6.45, 7) is 2.15. The number of benzene rings is 2. The van der Waals surface area contributed by atoms with Gasteiger partial charge in [-0.3, -0.25) is 0 Å². The van der Waals surface area contributed by atoms with Crippen LogP contribution in [0.2, 0.25) is 0 Å². The molecule has 0 aliphatic carbocycles. The number of hydrogen-bond donors (Lipinski definition) is 1. The largest absolute Gasteiger partial charge is 0.385 e.